The number of hydrogen-bond donors (Lipinski definition) is 1. The number of carbonyl (C=O) groups excluding carboxylic acids is 1. The number of amides is 2. The highest BCUT2D eigenvalue weighted by atomic mass is 32.2. The molecule has 1 aliphatic rings. The molecule has 3 heterocycles. The Balaban J connectivity index is 1.61. The fourth-order valence-electron chi connectivity index (χ4n) is 4.17. The maximum Gasteiger partial charge on any atom is 0.322 e. The maximum absolute atomic E-state index is 13.5. The first-order chi connectivity index (χ1) is 15.5. The first-order valence-corrected chi connectivity index (χ1v) is 12.2. The molecule has 0 radical (unpaired) electrons. The molecule has 2 amide bonds. The van der Waals surface area contributed by atoms with Crippen molar-refractivity contribution < 1.29 is 9.18 Å². The van der Waals surface area contributed by atoms with E-state index in [9.17, 15) is 9.18 Å². The van der Waals surface area contributed by atoms with Crippen LogP contribution in [-0.2, 0) is 6.42 Å². The number of anilines is 1. The van der Waals surface area contributed by atoms with E-state index in [2.05, 4.69) is 24.3 Å². The minimum absolute atomic E-state index is 0.0427. The number of hydrogen-bond acceptors (Lipinski definition) is 4. The summed E-state index contributed by atoms with van der Waals surface area (Å²) in [6.07, 6.45) is 7.09. The topological polar surface area (TPSA) is 63.1 Å². The van der Waals surface area contributed by atoms with E-state index >= 15 is 0 Å². The van der Waals surface area contributed by atoms with Gasteiger partial charge in [0.05, 0.1) is 40.0 Å². The lowest BCUT2D eigenvalue weighted by Crippen LogP contribution is -2.48. The van der Waals surface area contributed by atoms with Gasteiger partial charge in [0, 0.05) is 6.04 Å². The second-order valence-corrected chi connectivity index (χ2v) is 8.84. The van der Waals surface area contributed by atoms with Crippen LogP contribution in [0.25, 0.3) is 5.69 Å². The number of fused-ring (bicyclic) bond motifs is 1. The van der Waals surface area contributed by atoms with Gasteiger partial charge in [0.2, 0.25) is 0 Å². The number of halogens is 1. The molecular weight excluding hydrogens is 425 g/mol. The van der Waals surface area contributed by atoms with E-state index in [0.29, 0.717) is 0 Å². The van der Waals surface area contributed by atoms with E-state index in [1.54, 1.807) is 39.7 Å². The normalized spacial score (nSPS) is 16.5. The smallest absolute Gasteiger partial charge is 0.322 e. The van der Waals surface area contributed by atoms with Crippen LogP contribution >= 0.6 is 11.8 Å². The second-order valence-electron chi connectivity index (χ2n) is 8.02. The maximum atomic E-state index is 13.5. The Morgan fingerprint density at radius 3 is 2.78 bits per heavy atom. The van der Waals surface area contributed by atoms with Gasteiger partial charge in [-0.3, -0.25) is 4.90 Å². The molecule has 8 heteroatoms. The summed E-state index contributed by atoms with van der Waals surface area (Å²) in [5.74, 6) is -0.287. The number of thioether (sulfide) groups is 1. The standard InChI is InChI=1S/C24H28FN5OS/c1-4-6-19(20-7-5-8-23(27-20)32-3)28-24(31)29-16(2)9-14-21-22(29)15-26-30(21)18-12-10-17(25)11-13-18/h5,7-8,10-13,15-16,19H,4,6,9,14H2,1-3H3,(H,28,31). The molecule has 1 aromatic carbocycles. The van der Waals surface area contributed by atoms with Crippen LogP contribution in [0.3, 0.4) is 0 Å². The molecular formula is C24H28FN5OS. The molecule has 0 saturated heterocycles. The Morgan fingerprint density at radius 2 is 2.06 bits per heavy atom. The number of carbonyl (C=O) groups is 1. The van der Waals surface area contributed by atoms with Gasteiger partial charge in [0.1, 0.15) is 5.82 Å². The quantitative estimate of drug-likeness (QED) is 0.499. The number of aromatic nitrogens is 3. The van der Waals surface area contributed by atoms with Gasteiger partial charge in [-0.05, 0) is 68.8 Å². The fourth-order valence-corrected chi connectivity index (χ4v) is 4.58. The molecule has 32 heavy (non-hydrogen) atoms. The van der Waals surface area contributed by atoms with Crippen molar-refractivity contribution in [2.45, 2.75) is 56.6 Å². The first-order valence-electron chi connectivity index (χ1n) is 10.9. The SMILES string of the molecule is CCCC(NC(=O)N1c2cnn(-c3ccc(F)cc3)c2CCC1C)c1cccc(SC)n1. The van der Waals surface area contributed by atoms with Crippen LogP contribution in [0, 0.1) is 5.82 Å². The van der Waals surface area contributed by atoms with Crippen molar-refractivity contribution in [1.29, 1.82) is 0 Å². The summed E-state index contributed by atoms with van der Waals surface area (Å²) in [4.78, 5) is 20.0. The van der Waals surface area contributed by atoms with Gasteiger partial charge in [0.15, 0.2) is 0 Å². The predicted molar refractivity (Wildman–Crippen MR) is 126 cm³/mol. The second kappa shape index (κ2) is 9.73. The van der Waals surface area contributed by atoms with Gasteiger partial charge in [-0.2, -0.15) is 5.10 Å². The molecule has 0 aliphatic carbocycles. The minimum atomic E-state index is -0.287. The Labute approximate surface area is 192 Å². The fraction of sp³-hybridized carbons (Fsp3) is 0.375. The van der Waals surface area contributed by atoms with Crippen LogP contribution in [0.15, 0.2) is 53.7 Å². The summed E-state index contributed by atoms with van der Waals surface area (Å²) in [7, 11) is 0. The third-order valence-electron chi connectivity index (χ3n) is 5.82. The van der Waals surface area contributed by atoms with Gasteiger partial charge in [0.25, 0.3) is 0 Å². The minimum Gasteiger partial charge on any atom is -0.329 e. The average Bonchev–Trinajstić information content (AvgIpc) is 3.23. The Morgan fingerprint density at radius 1 is 1.28 bits per heavy atom. The van der Waals surface area contributed by atoms with Gasteiger partial charge < -0.3 is 5.32 Å². The van der Waals surface area contributed by atoms with E-state index in [4.69, 9.17) is 4.98 Å². The summed E-state index contributed by atoms with van der Waals surface area (Å²) < 4.78 is 15.2. The van der Waals surface area contributed by atoms with Crippen molar-refractivity contribution in [3.8, 4) is 5.69 Å². The molecule has 0 fully saturated rings. The molecule has 2 aromatic heterocycles. The lowest BCUT2D eigenvalue weighted by molar-refractivity contribution is 0.238. The van der Waals surface area contributed by atoms with Crippen LogP contribution in [0.4, 0.5) is 14.9 Å². The zero-order chi connectivity index (χ0) is 22.7. The van der Waals surface area contributed by atoms with Crippen LogP contribution < -0.4 is 10.2 Å². The zero-order valence-corrected chi connectivity index (χ0v) is 19.4. The third kappa shape index (κ3) is 4.50. The summed E-state index contributed by atoms with van der Waals surface area (Å²) in [6.45, 7) is 4.16. The monoisotopic (exact) mass is 453 g/mol. The van der Waals surface area contributed by atoms with Crippen LogP contribution in [-0.4, -0.2) is 33.1 Å². The molecule has 6 nitrogen and oxygen atoms in total. The molecule has 2 unspecified atom stereocenters. The number of rotatable bonds is 6. The van der Waals surface area contributed by atoms with E-state index < -0.39 is 0 Å². The predicted octanol–water partition coefficient (Wildman–Crippen LogP) is 5.52. The molecule has 2 atom stereocenters. The van der Waals surface area contributed by atoms with E-state index in [1.807, 2.05) is 24.5 Å². The highest BCUT2D eigenvalue weighted by Crippen LogP contribution is 2.33. The van der Waals surface area contributed by atoms with Gasteiger partial charge in [-0.25, -0.2) is 18.9 Å². The Hall–Kier alpha value is -2.87. The van der Waals surface area contributed by atoms with E-state index in [0.717, 1.165) is 53.5 Å². The van der Waals surface area contributed by atoms with Crippen molar-refractivity contribution >= 4 is 23.5 Å². The van der Waals surface area contributed by atoms with Crippen molar-refractivity contribution in [3.05, 3.63) is 65.9 Å². The average molecular weight is 454 g/mol. The number of pyridine rings is 1. The molecule has 4 rings (SSSR count). The Bertz CT molecular complexity index is 1080. The van der Waals surface area contributed by atoms with Crippen molar-refractivity contribution in [2.75, 3.05) is 11.2 Å². The van der Waals surface area contributed by atoms with Crippen molar-refractivity contribution in [1.82, 2.24) is 20.1 Å². The van der Waals surface area contributed by atoms with Crippen LogP contribution in [0.2, 0.25) is 0 Å². The number of urea groups is 1. The van der Waals surface area contributed by atoms with Crippen molar-refractivity contribution in [2.24, 2.45) is 0 Å². The molecule has 0 bridgehead atoms. The molecule has 1 aliphatic heterocycles. The lowest BCUT2D eigenvalue weighted by Gasteiger charge is -2.34. The summed E-state index contributed by atoms with van der Waals surface area (Å²) in [5, 5.41) is 8.67. The van der Waals surface area contributed by atoms with Gasteiger partial charge >= 0.3 is 6.03 Å². The van der Waals surface area contributed by atoms with E-state index in [1.165, 1.54) is 12.1 Å². The van der Waals surface area contributed by atoms with E-state index in [-0.39, 0.29) is 23.9 Å². The number of nitrogens with one attached hydrogen (secondary N) is 1. The molecule has 3 aromatic rings. The molecule has 168 valence electrons. The highest BCUT2D eigenvalue weighted by Gasteiger charge is 2.32. The Kier molecular flexibility index (Phi) is 6.79. The lowest BCUT2D eigenvalue weighted by atomic mass is 10.0. The summed E-state index contributed by atoms with van der Waals surface area (Å²) in [5.41, 5.74) is 3.41. The third-order valence-corrected chi connectivity index (χ3v) is 6.47. The zero-order valence-electron chi connectivity index (χ0n) is 18.6. The van der Waals surface area contributed by atoms with Gasteiger partial charge in [-0.15, -0.1) is 11.8 Å². The summed E-state index contributed by atoms with van der Waals surface area (Å²) >= 11 is 1.59. The number of benzene rings is 1. The largest absolute Gasteiger partial charge is 0.329 e. The molecule has 0 spiro atoms. The molecule has 0 saturated carbocycles. The summed E-state index contributed by atoms with van der Waals surface area (Å²) in [6, 6.07) is 11.9. The highest BCUT2D eigenvalue weighted by molar-refractivity contribution is 7.98. The first kappa shape index (κ1) is 22.3. The van der Waals surface area contributed by atoms with Crippen LogP contribution in [0.1, 0.15) is 50.5 Å². The van der Waals surface area contributed by atoms with Gasteiger partial charge in [-0.1, -0.05) is 19.4 Å². The number of nitrogens with zero attached hydrogens (tertiary/aromatic N) is 4. The van der Waals surface area contributed by atoms with Crippen LogP contribution in [0.5, 0.6) is 0 Å². The van der Waals surface area contributed by atoms with Crippen molar-refractivity contribution in [3.63, 3.8) is 0 Å². The molecule has 1 N–H and O–H groups in total.